The van der Waals surface area contributed by atoms with E-state index in [2.05, 4.69) is 10.4 Å². The highest BCUT2D eigenvalue weighted by Crippen LogP contribution is 2.23. The Kier molecular flexibility index (Phi) is 3.27. The van der Waals surface area contributed by atoms with E-state index in [9.17, 15) is 8.42 Å². The van der Waals surface area contributed by atoms with Gasteiger partial charge in [0.25, 0.3) is 0 Å². The van der Waals surface area contributed by atoms with Crippen LogP contribution in [0.4, 0.5) is 0 Å². The van der Waals surface area contributed by atoms with E-state index >= 15 is 0 Å². The van der Waals surface area contributed by atoms with E-state index in [0.29, 0.717) is 18.7 Å². The molecule has 2 rings (SSSR count). The van der Waals surface area contributed by atoms with Gasteiger partial charge in [0.1, 0.15) is 0 Å². The molecule has 1 aliphatic rings. The standard InChI is InChI=1S/C11H19N3O2S/c1-3-14-8-10(7-13-14)6-12-11(2)4-5-17(15,16)9-11/h7-8,12H,3-6,9H2,1-2H3. The number of nitrogens with zero attached hydrogens (tertiary/aromatic N) is 2. The van der Waals surface area contributed by atoms with E-state index in [1.807, 2.05) is 30.9 Å². The highest BCUT2D eigenvalue weighted by atomic mass is 32.2. The third-order valence-corrected chi connectivity index (χ3v) is 5.14. The van der Waals surface area contributed by atoms with Gasteiger partial charge in [0.2, 0.25) is 0 Å². The summed E-state index contributed by atoms with van der Waals surface area (Å²) in [6, 6.07) is 0. The van der Waals surface area contributed by atoms with Gasteiger partial charge in [-0.05, 0) is 20.3 Å². The molecule has 0 spiro atoms. The Morgan fingerprint density at radius 1 is 1.59 bits per heavy atom. The number of sulfone groups is 1. The smallest absolute Gasteiger partial charge is 0.152 e. The first-order chi connectivity index (χ1) is 7.92. The molecule has 1 fully saturated rings. The normalized spacial score (nSPS) is 27.4. The minimum absolute atomic E-state index is 0.238. The van der Waals surface area contributed by atoms with Gasteiger partial charge in [0.05, 0.1) is 17.7 Å². The van der Waals surface area contributed by atoms with Crippen LogP contribution in [0.1, 0.15) is 25.8 Å². The van der Waals surface area contributed by atoms with Crippen molar-refractivity contribution in [3.05, 3.63) is 18.0 Å². The minimum atomic E-state index is -2.84. The average molecular weight is 257 g/mol. The Bertz CT molecular complexity index is 495. The Labute approximate surface area is 102 Å². The molecule has 96 valence electrons. The fraction of sp³-hybridized carbons (Fsp3) is 0.727. The predicted molar refractivity (Wildman–Crippen MR) is 66.4 cm³/mol. The van der Waals surface area contributed by atoms with Gasteiger partial charge >= 0.3 is 0 Å². The molecule has 1 unspecified atom stereocenters. The van der Waals surface area contributed by atoms with Gasteiger partial charge in [0.15, 0.2) is 9.84 Å². The maximum atomic E-state index is 11.5. The Morgan fingerprint density at radius 2 is 2.35 bits per heavy atom. The summed E-state index contributed by atoms with van der Waals surface area (Å²) in [5, 5.41) is 7.52. The van der Waals surface area contributed by atoms with Crippen LogP contribution >= 0.6 is 0 Å². The molecule has 1 aromatic rings. The fourth-order valence-corrected chi connectivity index (χ4v) is 4.26. The van der Waals surface area contributed by atoms with Crippen molar-refractivity contribution in [3.63, 3.8) is 0 Å². The first kappa shape index (κ1) is 12.6. The maximum absolute atomic E-state index is 11.5. The van der Waals surface area contributed by atoms with E-state index < -0.39 is 9.84 Å². The molecule has 0 radical (unpaired) electrons. The van der Waals surface area contributed by atoms with Gasteiger partial charge in [-0.15, -0.1) is 0 Å². The predicted octanol–water partition coefficient (Wildman–Crippen LogP) is 0.570. The van der Waals surface area contributed by atoms with Crippen LogP contribution in [0, 0.1) is 0 Å². The molecule has 5 nitrogen and oxygen atoms in total. The van der Waals surface area contributed by atoms with Crippen LogP contribution in [0.5, 0.6) is 0 Å². The van der Waals surface area contributed by atoms with Gasteiger partial charge in [0, 0.05) is 30.4 Å². The molecule has 1 atom stereocenters. The summed E-state index contributed by atoms with van der Waals surface area (Å²) in [6.45, 7) is 5.54. The zero-order valence-electron chi connectivity index (χ0n) is 10.3. The van der Waals surface area contributed by atoms with Crippen molar-refractivity contribution >= 4 is 9.84 Å². The van der Waals surface area contributed by atoms with Gasteiger partial charge in [-0.2, -0.15) is 5.10 Å². The molecule has 1 saturated heterocycles. The minimum Gasteiger partial charge on any atom is -0.306 e. The Balaban J connectivity index is 1.94. The molecular weight excluding hydrogens is 238 g/mol. The fourth-order valence-electron chi connectivity index (χ4n) is 2.14. The summed E-state index contributed by atoms with van der Waals surface area (Å²) in [6.07, 6.45) is 4.50. The second kappa shape index (κ2) is 4.42. The topological polar surface area (TPSA) is 64.0 Å². The Hall–Kier alpha value is -0.880. The van der Waals surface area contributed by atoms with Gasteiger partial charge in [-0.1, -0.05) is 0 Å². The third-order valence-electron chi connectivity index (χ3n) is 3.23. The van der Waals surface area contributed by atoms with Crippen LogP contribution in [0.3, 0.4) is 0 Å². The summed E-state index contributed by atoms with van der Waals surface area (Å²) < 4.78 is 24.8. The second-order valence-electron chi connectivity index (χ2n) is 4.96. The van der Waals surface area contributed by atoms with Crippen LogP contribution in [0.25, 0.3) is 0 Å². The molecule has 17 heavy (non-hydrogen) atoms. The zero-order valence-corrected chi connectivity index (χ0v) is 11.1. The summed E-state index contributed by atoms with van der Waals surface area (Å²) in [5.74, 6) is 0.534. The highest BCUT2D eigenvalue weighted by molar-refractivity contribution is 7.91. The molecule has 0 amide bonds. The van der Waals surface area contributed by atoms with Crippen molar-refractivity contribution in [1.82, 2.24) is 15.1 Å². The van der Waals surface area contributed by atoms with Crippen molar-refractivity contribution in [2.45, 2.75) is 38.9 Å². The van der Waals surface area contributed by atoms with Gasteiger partial charge < -0.3 is 5.32 Å². The highest BCUT2D eigenvalue weighted by Gasteiger charge is 2.37. The number of aryl methyl sites for hydroxylation is 1. The van der Waals surface area contributed by atoms with Crippen LogP contribution < -0.4 is 5.32 Å². The monoisotopic (exact) mass is 257 g/mol. The van der Waals surface area contributed by atoms with Crippen LogP contribution in [0.15, 0.2) is 12.4 Å². The van der Waals surface area contributed by atoms with Crippen LogP contribution in [0.2, 0.25) is 0 Å². The quantitative estimate of drug-likeness (QED) is 0.856. The first-order valence-electron chi connectivity index (χ1n) is 5.89. The molecule has 0 saturated carbocycles. The Morgan fingerprint density at radius 3 is 2.88 bits per heavy atom. The third kappa shape index (κ3) is 3.07. The summed E-state index contributed by atoms with van der Waals surface area (Å²) in [5.41, 5.74) is 0.810. The molecular formula is C11H19N3O2S. The summed E-state index contributed by atoms with van der Waals surface area (Å²) in [4.78, 5) is 0. The van der Waals surface area contributed by atoms with Crippen molar-refractivity contribution in [3.8, 4) is 0 Å². The molecule has 1 N–H and O–H groups in total. The maximum Gasteiger partial charge on any atom is 0.152 e. The first-order valence-corrected chi connectivity index (χ1v) is 7.71. The number of aromatic nitrogens is 2. The molecule has 0 bridgehead atoms. The molecule has 1 aromatic heterocycles. The number of hydrogen-bond acceptors (Lipinski definition) is 4. The van der Waals surface area contributed by atoms with Crippen LogP contribution in [-0.2, 0) is 22.9 Å². The molecule has 2 heterocycles. The van der Waals surface area contributed by atoms with Crippen molar-refractivity contribution in [1.29, 1.82) is 0 Å². The zero-order chi connectivity index (χ0) is 12.5. The van der Waals surface area contributed by atoms with E-state index in [1.54, 1.807) is 0 Å². The molecule has 6 heteroatoms. The van der Waals surface area contributed by atoms with Gasteiger partial charge in [-0.3, -0.25) is 4.68 Å². The lowest BCUT2D eigenvalue weighted by Gasteiger charge is -2.23. The average Bonchev–Trinajstić information content (AvgIpc) is 2.81. The lowest BCUT2D eigenvalue weighted by molar-refractivity contribution is 0.395. The molecule has 0 aromatic carbocycles. The number of rotatable bonds is 4. The molecule has 0 aliphatic carbocycles. The van der Waals surface area contributed by atoms with Crippen molar-refractivity contribution in [2.24, 2.45) is 0 Å². The van der Waals surface area contributed by atoms with Crippen molar-refractivity contribution in [2.75, 3.05) is 11.5 Å². The number of hydrogen-bond donors (Lipinski definition) is 1. The van der Waals surface area contributed by atoms with E-state index in [4.69, 9.17) is 0 Å². The lowest BCUT2D eigenvalue weighted by Crippen LogP contribution is -2.42. The van der Waals surface area contributed by atoms with Gasteiger partial charge in [-0.25, -0.2) is 8.42 Å². The number of nitrogens with one attached hydrogen (secondary N) is 1. The lowest BCUT2D eigenvalue weighted by atomic mass is 10.0. The molecule has 1 aliphatic heterocycles. The largest absolute Gasteiger partial charge is 0.306 e. The van der Waals surface area contributed by atoms with E-state index in [1.165, 1.54) is 0 Å². The van der Waals surface area contributed by atoms with E-state index in [0.717, 1.165) is 12.1 Å². The van der Waals surface area contributed by atoms with Crippen molar-refractivity contribution < 1.29 is 8.42 Å². The van der Waals surface area contributed by atoms with E-state index in [-0.39, 0.29) is 11.3 Å². The summed E-state index contributed by atoms with van der Waals surface area (Å²) in [7, 11) is -2.84. The summed E-state index contributed by atoms with van der Waals surface area (Å²) >= 11 is 0. The van der Waals surface area contributed by atoms with Crippen LogP contribution in [-0.4, -0.2) is 35.2 Å². The second-order valence-corrected chi connectivity index (χ2v) is 7.14. The SMILES string of the molecule is CCn1cc(CNC2(C)CCS(=O)(=O)C2)cn1.